The fraction of sp³-hybridized carbons (Fsp3) is 0.533. The van der Waals surface area contributed by atoms with Crippen LogP contribution in [-0.2, 0) is 11.0 Å². The molecule has 115 valence electrons. The maximum absolute atomic E-state index is 12.4. The Morgan fingerprint density at radius 3 is 2.57 bits per heavy atom. The van der Waals surface area contributed by atoms with E-state index in [-0.39, 0.29) is 5.91 Å². The lowest BCUT2D eigenvalue weighted by Crippen LogP contribution is -2.25. The maximum atomic E-state index is 12.4. The molecule has 0 bridgehead atoms. The van der Waals surface area contributed by atoms with Gasteiger partial charge < -0.3 is 5.32 Å². The Kier molecular flexibility index (Phi) is 5.22. The van der Waals surface area contributed by atoms with E-state index in [9.17, 15) is 18.0 Å². The van der Waals surface area contributed by atoms with Crippen LogP contribution in [0.5, 0.6) is 0 Å². The number of amides is 1. The van der Waals surface area contributed by atoms with Crippen LogP contribution < -0.4 is 10.6 Å². The Morgan fingerprint density at radius 1 is 1.29 bits per heavy atom. The van der Waals surface area contributed by atoms with Gasteiger partial charge >= 0.3 is 6.18 Å². The van der Waals surface area contributed by atoms with E-state index >= 15 is 0 Å². The lowest BCUT2D eigenvalue weighted by Gasteiger charge is -2.20. The van der Waals surface area contributed by atoms with Gasteiger partial charge in [0.2, 0.25) is 5.91 Å². The lowest BCUT2D eigenvalue weighted by molar-refractivity contribution is -0.137. The molecule has 6 heteroatoms. The van der Waals surface area contributed by atoms with E-state index in [1.165, 1.54) is 12.1 Å². The summed E-state index contributed by atoms with van der Waals surface area (Å²) in [4.78, 5) is 11.8. The van der Waals surface area contributed by atoms with Crippen molar-refractivity contribution in [2.24, 2.45) is 5.92 Å². The van der Waals surface area contributed by atoms with Gasteiger partial charge in [0.15, 0.2) is 0 Å². The number of alkyl halides is 3. The largest absolute Gasteiger partial charge is 0.416 e. The second-order valence-electron chi connectivity index (χ2n) is 5.30. The van der Waals surface area contributed by atoms with Crippen molar-refractivity contribution < 1.29 is 18.0 Å². The van der Waals surface area contributed by atoms with Gasteiger partial charge in [-0.2, -0.15) is 13.2 Å². The number of anilines is 1. The number of carbonyl (C=O) groups excluding carboxylic acids is 1. The van der Waals surface area contributed by atoms with Crippen LogP contribution >= 0.6 is 0 Å². The van der Waals surface area contributed by atoms with Crippen LogP contribution in [0, 0.1) is 5.92 Å². The molecule has 0 aromatic heterocycles. The zero-order valence-corrected chi connectivity index (χ0v) is 11.6. The van der Waals surface area contributed by atoms with Crippen LogP contribution in [0.1, 0.15) is 31.2 Å². The molecule has 1 unspecified atom stereocenters. The predicted molar refractivity (Wildman–Crippen MR) is 73.9 cm³/mol. The van der Waals surface area contributed by atoms with Crippen molar-refractivity contribution in [2.45, 2.75) is 31.9 Å². The van der Waals surface area contributed by atoms with Crippen LogP contribution in [0.4, 0.5) is 18.9 Å². The Hall–Kier alpha value is -1.56. The van der Waals surface area contributed by atoms with Crippen molar-refractivity contribution in [2.75, 3.05) is 18.4 Å². The van der Waals surface area contributed by atoms with Gasteiger partial charge in [0.05, 0.1) is 5.56 Å². The average Bonchev–Trinajstić information content (AvgIpc) is 2.46. The molecule has 1 heterocycles. The number of rotatable bonds is 4. The fourth-order valence-corrected chi connectivity index (χ4v) is 2.39. The molecule has 1 aromatic rings. The molecule has 1 radical (unpaired) electrons. The molecule has 1 atom stereocenters. The first kappa shape index (κ1) is 15.8. The number of hydrogen-bond acceptors (Lipinski definition) is 1. The number of benzene rings is 1. The van der Waals surface area contributed by atoms with Gasteiger partial charge in [-0.1, -0.05) is 0 Å². The highest BCUT2D eigenvalue weighted by Gasteiger charge is 2.29. The SMILES string of the molecule is O=C(CCC1CCC[N]C1)Nc1ccc(C(F)(F)F)cc1. The standard InChI is InChI=1S/C15H18F3N2O/c16-15(17,18)12-4-6-13(7-5-12)20-14(21)8-3-11-2-1-9-19-10-11/h4-7,11H,1-3,8-10H2,(H,20,21). The molecule has 2 rings (SSSR count). The molecule has 1 aliphatic rings. The number of nitrogens with one attached hydrogen (secondary N) is 1. The van der Waals surface area contributed by atoms with Crippen molar-refractivity contribution in [1.82, 2.24) is 5.32 Å². The van der Waals surface area contributed by atoms with E-state index < -0.39 is 11.7 Å². The van der Waals surface area contributed by atoms with Gasteiger partial charge in [-0.15, -0.1) is 0 Å². The highest BCUT2D eigenvalue weighted by atomic mass is 19.4. The number of carbonyl (C=O) groups is 1. The summed E-state index contributed by atoms with van der Waals surface area (Å²) >= 11 is 0. The highest BCUT2D eigenvalue weighted by Crippen LogP contribution is 2.29. The van der Waals surface area contributed by atoms with Crippen LogP contribution in [0.2, 0.25) is 0 Å². The van der Waals surface area contributed by atoms with Gasteiger partial charge in [0.1, 0.15) is 0 Å². The summed E-state index contributed by atoms with van der Waals surface area (Å²) in [6, 6.07) is 4.48. The molecule has 0 saturated carbocycles. The summed E-state index contributed by atoms with van der Waals surface area (Å²) in [6.45, 7) is 1.72. The third-order valence-electron chi connectivity index (χ3n) is 3.59. The Morgan fingerprint density at radius 2 is 2.00 bits per heavy atom. The maximum Gasteiger partial charge on any atom is 0.416 e. The lowest BCUT2D eigenvalue weighted by atomic mass is 9.94. The van der Waals surface area contributed by atoms with E-state index in [2.05, 4.69) is 10.6 Å². The average molecular weight is 299 g/mol. The summed E-state index contributed by atoms with van der Waals surface area (Å²) in [6.07, 6.45) is -1.04. The molecular formula is C15H18F3N2O. The van der Waals surface area contributed by atoms with Gasteiger partial charge in [-0.25, -0.2) is 5.32 Å². The Balaban J connectivity index is 1.79. The summed E-state index contributed by atoms with van der Waals surface area (Å²) < 4.78 is 37.2. The Bertz CT molecular complexity index is 465. The van der Waals surface area contributed by atoms with E-state index in [0.29, 0.717) is 18.0 Å². The van der Waals surface area contributed by atoms with Gasteiger partial charge in [0.25, 0.3) is 0 Å². The number of nitrogens with zero attached hydrogens (tertiary/aromatic N) is 1. The third kappa shape index (κ3) is 5.04. The minimum atomic E-state index is -4.35. The molecule has 21 heavy (non-hydrogen) atoms. The molecule has 1 aliphatic heterocycles. The number of halogens is 3. The molecule has 1 amide bonds. The zero-order chi connectivity index (χ0) is 15.3. The summed E-state index contributed by atoms with van der Waals surface area (Å²) in [5.41, 5.74) is -0.328. The smallest absolute Gasteiger partial charge is 0.326 e. The molecule has 1 N–H and O–H groups in total. The second-order valence-corrected chi connectivity index (χ2v) is 5.30. The van der Waals surface area contributed by atoms with Crippen molar-refractivity contribution in [3.63, 3.8) is 0 Å². The van der Waals surface area contributed by atoms with Gasteiger partial charge in [-0.05, 0) is 49.4 Å². The predicted octanol–water partition coefficient (Wildman–Crippen LogP) is 3.44. The monoisotopic (exact) mass is 299 g/mol. The Labute approximate surface area is 121 Å². The van der Waals surface area contributed by atoms with Gasteiger partial charge in [0, 0.05) is 25.2 Å². The van der Waals surface area contributed by atoms with Crippen molar-refractivity contribution in [3.05, 3.63) is 29.8 Å². The molecule has 3 nitrogen and oxygen atoms in total. The molecule has 0 aliphatic carbocycles. The minimum Gasteiger partial charge on any atom is -0.326 e. The number of hydrogen-bond donors (Lipinski definition) is 1. The van der Waals surface area contributed by atoms with Crippen LogP contribution in [0.3, 0.4) is 0 Å². The van der Waals surface area contributed by atoms with E-state index in [1.54, 1.807) is 0 Å². The zero-order valence-electron chi connectivity index (χ0n) is 11.6. The summed E-state index contributed by atoms with van der Waals surface area (Å²) in [5.74, 6) is 0.289. The third-order valence-corrected chi connectivity index (χ3v) is 3.59. The fourth-order valence-electron chi connectivity index (χ4n) is 2.39. The molecular weight excluding hydrogens is 281 g/mol. The normalized spacial score (nSPS) is 19.3. The first-order valence-corrected chi connectivity index (χ1v) is 7.05. The summed E-state index contributed by atoms with van der Waals surface area (Å²) in [7, 11) is 0. The van der Waals surface area contributed by atoms with Crippen LogP contribution in [-0.4, -0.2) is 19.0 Å². The molecule has 1 aromatic carbocycles. The molecule has 1 saturated heterocycles. The van der Waals surface area contributed by atoms with Gasteiger partial charge in [-0.3, -0.25) is 4.79 Å². The van der Waals surface area contributed by atoms with Crippen molar-refractivity contribution >= 4 is 11.6 Å². The van der Waals surface area contributed by atoms with Crippen molar-refractivity contribution in [1.29, 1.82) is 0 Å². The quantitative estimate of drug-likeness (QED) is 0.909. The van der Waals surface area contributed by atoms with E-state index in [0.717, 1.165) is 44.5 Å². The van der Waals surface area contributed by atoms with Crippen LogP contribution in [0.25, 0.3) is 0 Å². The van der Waals surface area contributed by atoms with Crippen molar-refractivity contribution in [3.8, 4) is 0 Å². The minimum absolute atomic E-state index is 0.166. The first-order valence-electron chi connectivity index (χ1n) is 7.05. The number of piperidine rings is 1. The second kappa shape index (κ2) is 6.93. The van der Waals surface area contributed by atoms with Crippen LogP contribution in [0.15, 0.2) is 24.3 Å². The summed E-state index contributed by atoms with van der Waals surface area (Å²) in [5, 5.41) is 6.94. The highest BCUT2D eigenvalue weighted by molar-refractivity contribution is 5.90. The molecule has 0 spiro atoms. The molecule has 1 fully saturated rings. The first-order chi connectivity index (χ1) is 9.95. The van der Waals surface area contributed by atoms with E-state index in [4.69, 9.17) is 0 Å². The van der Waals surface area contributed by atoms with E-state index in [1.807, 2.05) is 0 Å². The topological polar surface area (TPSA) is 43.2 Å².